The SMILES string of the molecule is Cc1cccc(C(=O)Nc2ccn(Cc3c(C)noc3C)n2)n1. The van der Waals surface area contributed by atoms with Gasteiger partial charge < -0.3 is 9.84 Å². The number of pyridine rings is 1. The van der Waals surface area contributed by atoms with Gasteiger partial charge in [-0.05, 0) is 32.9 Å². The molecule has 0 fully saturated rings. The van der Waals surface area contributed by atoms with E-state index >= 15 is 0 Å². The Labute approximate surface area is 133 Å². The molecule has 3 aromatic heterocycles. The quantitative estimate of drug-likeness (QED) is 0.800. The maximum Gasteiger partial charge on any atom is 0.275 e. The lowest BCUT2D eigenvalue weighted by Gasteiger charge is -2.03. The molecule has 0 unspecified atom stereocenters. The Morgan fingerprint density at radius 1 is 1.26 bits per heavy atom. The van der Waals surface area contributed by atoms with Crippen molar-refractivity contribution in [2.45, 2.75) is 27.3 Å². The Kier molecular flexibility index (Phi) is 3.92. The molecule has 0 aliphatic heterocycles. The molecule has 0 bridgehead atoms. The normalized spacial score (nSPS) is 10.7. The van der Waals surface area contributed by atoms with Crippen LogP contribution in [-0.2, 0) is 6.54 Å². The van der Waals surface area contributed by atoms with E-state index in [9.17, 15) is 4.79 Å². The summed E-state index contributed by atoms with van der Waals surface area (Å²) in [7, 11) is 0. The minimum Gasteiger partial charge on any atom is -0.361 e. The van der Waals surface area contributed by atoms with Gasteiger partial charge in [-0.25, -0.2) is 4.98 Å². The van der Waals surface area contributed by atoms with Crippen molar-refractivity contribution in [2.75, 3.05) is 5.32 Å². The molecule has 3 heterocycles. The number of hydrogen-bond acceptors (Lipinski definition) is 5. The van der Waals surface area contributed by atoms with E-state index in [4.69, 9.17) is 4.52 Å². The van der Waals surface area contributed by atoms with Gasteiger partial charge in [-0.3, -0.25) is 9.48 Å². The maximum absolute atomic E-state index is 12.2. The van der Waals surface area contributed by atoms with Crippen LogP contribution >= 0.6 is 0 Å². The highest BCUT2D eigenvalue weighted by molar-refractivity contribution is 6.02. The number of carbonyl (C=O) groups excluding carboxylic acids is 1. The number of amides is 1. The van der Waals surface area contributed by atoms with Crippen LogP contribution in [0, 0.1) is 20.8 Å². The number of aromatic nitrogens is 4. The summed E-state index contributed by atoms with van der Waals surface area (Å²) in [5.41, 5.74) is 2.99. The van der Waals surface area contributed by atoms with Crippen LogP contribution < -0.4 is 5.32 Å². The minimum absolute atomic E-state index is 0.281. The van der Waals surface area contributed by atoms with Crippen molar-refractivity contribution in [1.82, 2.24) is 19.9 Å². The van der Waals surface area contributed by atoms with Gasteiger partial charge in [0.15, 0.2) is 5.82 Å². The van der Waals surface area contributed by atoms with Gasteiger partial charge in [0.05, 0.1) is 12.2 Å². The fourth-order valence-electron chi connectivity index (χ4n) is 2.26. The van der Waals surface area contributed by atoms with E-state index in [1.165, 1.54) is 0 Å². The Morgan fingerprint density at radius 2 is 2.09 bits per heavy atom. The van der Waals surface area contributed by atoms with Crippen molar-refractivity contribution < 1.29 is 9.32 Å². The summed E-state index contributed by atoms with van der Waals surface area (Å²) < 4.78 is 6.87. The van der Waals surface area contributed by atoms with Crippen LogP contribution in [0.4, 0.5) is 5.82 Å². The molecule has 0 aromatic carbocycles. The van der Waals surface area contributed by atoms with Gasteiger partial charge in [0.2, 0.25) is 0 Å². The molecule has 7 heteroatoms. The predicted octanol–water partition coefficient (Wildman–Crippen LogP) is 2.49. The first kappa shape index (κ1) is 15.0. The number of carbonyl (C=O) groups is 1. The fraction of sp³-hybridized carbons (Fsp3) is 0.250. The summed E-state index contributed by atoms with van der Waals surface area (Å²) in [6.45, 7) is 6.14. The van der Waals surface area contributed by atoms with Crippen LogP contribution in [0.2, 0.25) is 0 Å². The second-order valence-corrected chi connectivity index (χ2v) is 5.32. The topological polar surface area (TPSA) is 85.8 Å². The Balaban J connectivity index is 1.71. The molecule has 0 saturated heterocycles. The summed E-state index contributed by atoms with van der Waals surface area (Å²) >= 11 is 0. The molecule has 1 amide bonds. The third-order valence-electron chi connectivity index (χ3n) is 3.50. The van der Waals surface area contributed by atoms with E-state index in [0.717, 1.165) is 22.7 Å². The highest BCUT2D eigenvalue weighted by Crippen LogP contribution is 2.14. The first-order chi connectivity index (χ1) is 11.0. The first-order valence-electron chi connectivity index (χ1n) is 7.23. The summed E-state index contributed by atoms with van der Waals surface area (Å²) in [4.78, 5) is 16.3. The highest BCUT2D eigenvalue weighted by Gasteiger charge is 2.12. The van der Waals surface area contributed by atoms with Gasteiger partial charge in [0, 0.05) is 23.5 Å². The molecule has 23 heavy (non-hydrogen) atoms. The molecule has 7 nitrogen and oxygen atoms in total. The number of aryl methyl sites for hydroxylation is 3. The van der Waals surface area contributed by atoms with Crippen molar-refractivity contribution in [1.29, 1.82) is 0 Å². The average molecular weight is 311 g/mol. The van der Waals surface area contributed by atoms with Gasteiger partial charge in [-0.15, -0.1) is 0 Å². The molecule has 0 saturated carbocycles. The maximum atomic E-state index is 12.2. The fourth-order valence-corrected chi connectivity index (χ4v) is 2.26. The van der Waals surface area contributed by atoms with Crippen LogP contribution in [0.1, 0.15) is 33.2 Å². The zero-order valence-corrected chi connectivity index (χ0v) is 13.2. The van der Waals surface area contributed by atoms with Crippen LogP contribution in [-0.4, -0.2) is 25.8 Å². The number of nitrogens with one attached hydrogen (secondary N) is 1. The van der Waals surface area contributed by atoms with Crippen molar-refractivity contribution in [2.24, 2.45) is 0 Å². The lowest BCUT2D eigenvalue weighted by atomic mass is 10.2. The molecule has 0 spiro atoms. The van der Waals surface area contributed by atoms with E-state index in [1.807, 2.05) is 26.8 Å². The van der Waals surface area contributed by atoms with Crippen molar-refractivity contribution in [3.8, 4) is 0 Å². The molecule has 1 N–H and O–H groups in total. The van der Waals surface area contributed by atoms with Crippen LogP contribution in [0.25, 0.3) is 0 Å². The van der Waals surface area contributed by atoms with Gasteiger partial charge in [-0.2, -0.15) is 5.10 Å². The molecule has 0 aliphatic carbocycles. The van der Waals surface area contributed by atoms with Gasteiger partial charge in [-0.1, -0.05) is 11.2 Å². The molecule has 3 aromatic rings. The average Bonchev–Trinajstić information content (AvgIpc) is 3.09. The van der Waals surface area contributed by atoms with Gasteiger partial charge >= 0.3 is 0 Å². The molecule has 3 rings (SSSR count). The Bertz CT molecular complexity index is 830. The zero-order valence-electron chi connectivity index (χ0n) is 13.2. The van der Waals surface area contributed by atoms with Gasteiger partial charge in [0.1, 0.15) is 11.5 Å². The van der Waals surface area contributed by atoms with E-state index in [-0.39, 0.29) is 5.91 Å². The first-order valence-corrected chi connectivity index (χ1v) is 7.23. The molecule has 0 radical (unpaired) electrons. The molecule has 0 atom stereocenters. The third-order valence-corrected chi connectivity index (χ3v) is 3.50. The van der Waals surface area contributed by atoms with Crippen molar-refractivity contribution in [3.63, 3.8) is 0 Å². The molecular formula is C16H17N5O2. The Hall–Kier alpha value is -2.96. The number of rotatable bonds is 4. The summed E-state index contributed by atoms with van der Waals surface area (Å²) in [6.07, 6.45) is 1.80. The predicted molar refractivity (Wildman–Crippen MR) is 84.2 cm³/mol. The minimum atomic E-state index is -0.281. The van der Waals surface area contributed by atoms with Crippen LogP contribution in [0.15, 0.2) is 35.0 Å². The Morgan fingerprint density at radius 3 is 2.78 bits per heavy atom. The summed E-state index contributed by atoms with van der Waals surface area (Å²) in [6, 6.07) is 7.05. The second-order valence-electron chi connectivity index (χ2n) is 5.32. The highest BCUT2D eigenvalue weighted by atomic mass is 16.5. The lowest BCUT2D eigenvalue weighted by Crippen LogP contribution is -2.14. The van der Waals surface area contributed by atoms with E-state index in [2.05, 4.69) is 20.6 Å². The van der Waals surface area contributed by atoms with Crippen LogP contribution in [0.3, 0.4) is 0 Å². The smallest absolute Gasteiger partial charge is 0.275 e. The largest absolute Gasteiger partial charge is 0.361 e. The van der Waals surface area contributed by atoms with E-state index in [0.29, 0.717) is 18.1 Å². The number of nitrogens with zero attached hydrogens (tertiary/aromatic N) is 4. The van der Waals surface area contributed by atoms with E-state index < -0.39 is 0 Å². The van der Waals surface area contributed by atoms with Crippen molar-refractivity contribution in [3.05, 3.63) is 58.9 Å². The second kappa shape index (κ2) is 6.04. The summed E-state index contributed by atoms with van der Waals surface area (Å²) in [5, 5.41) is 11.0. The molecule has 118 valence electrons. The summed E-state index contributed by atoms with van der Waals surface area (Å²) in [5.74, 6) is 0.967. The number of anilines is 1. The van der Waals surface area contributed by atoms with Crippen molar-refractivity contribution >= 4 is 11.7 Å². The van der Waals surface area contributed by atoms with Crippen LogP contribution in [0.5, 0.6) is 0 Å². The third kappa shape index (κ3) is 3.28. The molecular weight excluding hydrogens is 294 g/mol. The monoisotopic (exact) mass is 311 g/mol. The van der Waals surface area contributed by atoms with E-state index in [1.54, 1.807) is 29.1 Å². The number of hydrogen-bond donors (Lipinski definition) is 1. The zero-order chi connectivity index (χ0) is 16.4. The lowest BCUT2D eigenvalue weighted by molar-refractivity contribution is 0.102. The molecule has 0 aliphatic rings. The standard InChI is InChI=1S/C16H17N5O2/c1-10-5-4-6-14(17-10)16(22)18-15-7-8-21(19-15)9-13-11(2)20-23-12(13)3/h4-8H,9H2,1-3H3,(H,18,19,22). The van der Waals surface area contributed by atoms with Gasteiger partial charge in [0.25, 0.3) is 5.91 Å².